The largest absolute Gasteiger partial charge is 0.464 e. The Morgan fingerprint density at radius 1 is 1.62 bits per heavy atom. The number of hydrogen-bond acceptors (Lipinski definition) is 4. The van der Waals surface area contributed by atoms with Crippen LogP contribution in [0.25, 0.3) is 0 Å². The van der Waals surface area contributed by atoms with Crippen LogP contribution in [-0.2, 0) is 17.3 Å². The van der Waals surface area contributed by atoms with Crippen molar-refractivity contribution in [2.24, 2.45) is 18.2 Å². The molecule has 5 heteroatoms. The summed E-state index contributed by atoms with van der Waals surface area (Å²) in [5.74, 6) is -0.427. The van der Waals surface area contributed by atoms with Gasteiger partial charge in [0.25, 0.3) is 0 Å². The van der Waals surface area contributed by atoms with E-state index in [4.69, 9.17) is 5.73 Å². The molecule has 1 aliphatic carbocycles. The van der Waals surface area contributed by atoms with E-state index in [0.29, 0.717) is 5.69 Å². The van der Waals surface area contributed by atoms with Crippen molar-refractivity contribution in [2.75, 3.05) is 7.11 Å². The Morgan fingerprint density at radius 2 is 2.19 bits per heavy atom. The molecule has 5 nitrogen and oxygen atoms in total. The van der Waals surface area contributed by atoms with Crippen LogP contribution in [0.3, 0.4) is 0 Å². The number of nitrogens with zero attached hydrogens (tertiary/aromatic N) is 2. The van der Waals surface area contributed by atoms with Crippen LogP contribution in [0.15, 0.2) is 6.07 Å². The Bertz CT molecular complexity index is 450. The lowest BCUT2D eigenvalue weighted by atomic mass is 10.0. The number of methoxy groups -OCH3 is 1. The number of nitrogens with two attached hydrogens (primary N) is 1. The second kappa shape index (κ2) is 3.07. The molecule has 1 aromatic rings. The molecule has 1 aliphatic rings. The van der Waals surface area contributed by atoms with Crippen molar-refractivity contribution in [1.29, 1.82) is 0 Å². The van der Waals surface area contributed by atoms with Crippen molar-refractivity contribution in [3.63, 3.8) is 0 Å². The lowest BCUT2D eigenvalue weighted by molar-refractivity contribution is 0.0593. The third-order valence-electron chi connectivity index (χ3n) is 3.53. The monoisotopic (exact) mass is 223 g/mol. The fourth-order valence-corrected chi connectivity index (χ4v) is 2.18. The van der Waals surface area contributed by atoms with E-state index in [2.05, 4.69) is 23.7 Å². The fourth-order valence-electron chi connectivity index (χ4n) is 2.18. The van der Waals surface area contributed by atoms with Crippen LogP contribution in [0, 0.1) is 5.41 Å². The maximum Gasteiger partial charge on any atom is 0.358 e. The zero-order chi connectivity index (χ0) is 12.1. The van der Waals surface area contributed by atoms with Gasteiger partial charge in [-0.2, -0.15) is 5.10 Å². The standard InChI is InChI=1S/C11H17N3O2/c1-10(2)6-11(10,12)8-5-7(9(15)16-4)13-14(8)3/h5H,6,12H2,1-4H3. The van der Waals surface area contributed by atoms with Gasteiger partial charge in [0.15, 0.2) is 5.69 Å². The minimum absolute atomic E-state index is 0.0637. The number of hydrogen-bond donors (Lipinski definition) is 1. The molecule has 1 heterocycles. The summed E-state index contributed by atoms with van der Waals surface area (Å²) in [5.41, 5.74) is 7.18. The van der Waals surface area contributed by atoms with Gasteiger partial charge in [0.2, 0.25) is 0 Å². The van der Waals surface area contributed by atoms with Gasteiger partial charge in [-0.05, 0) is 17.9 Å². The van der Waals surface area contributed by atoms with Crippen molar-refractivity contribution in [2.45, 2.75) is 25.8 Å². The molecular formula is C11H17N3O2. The van der Waals surface area contributed by atoms with E-state index in [-0.39, 0.29) is 11.0 Å². The first-order chi connectivity index (χ1) is 7.32. The molecule has 16 heavy (non-hydrogen) atoms. The summed E-state index contributed by atoms with van der Waals surface area (Å²) in [6.07, 6.45) is 0.903. The van der Waals surface area contributed by atoms with E-state index in [9.17, 15) is 4.79 Å². The molecule has 1 saturated carbocycles. The fraction of sp³-hybridized carbons (Fsp3) is 0.636. The highest BCUT2D eigenvalue weighted by molar-refractivity contribution is 5.87. The number of esters is 1. The quantitative estimate of drug-likeness (QED) is 0.752. The van der Waals surface area contributed by atoms with Gasteiger partial charge in [-0.1, -0.05) is 13.8 Å². The second-order valence-electron chi connectivity index (χ2n) is 5.06. The summed E-state index contributed by atoms with van der Waals surface area (Å²) in [5, 5.41) is 4.12. The van der Waals surface area contributed by atoms with Gasteiger partial charge < -0.3 is 10.5 Å². The highest BCUT2D eigenvalue weighted by Crippen LogP contribution is 2.60. The summed E-state index contributed by atoms with van der Waals surface area (Å²) < 4.78 is 6.30. The summed E-state index contributed by atoms with van der Waals surface area (Å²) >= 11 is 0. The number of aromatic nitrogens is 2. The van der Waals surface area contributed by atoms with Crippen molar-refractivity contribution in [3.05, 3.63) is 17.5 Å². The molecule has 0 aliphatic heterocycles. The molecule has 0 amide bonds. The molecule has 0 aromatic carbocycles. The van der Waals surface area contributed by atoms with Gasteiger partial charge in [0.05, 0.1) is 18.3 Å². The van der Waals surface area contributed by atoms with Gasteiger partial charge in [0, 0.05) is 7.05 Å². The van der Waals surface area contributed by atoms with E-state index < -0.39 is 5.97 Å². The first-order valence-corrected chi connectivity index (χ1v) is 5.23. The Balaban J connectivity index is 2.38. The molecule has 0 saturated heterocycles. The maximum absolute atomic E-state index is 11.3. The average Bonchev–Trinajstić information content (AvgIpc) is 2.59. The van der Waals surface area contributed by atoms with Crippen molar-refractivity contribution in [3.8, 4) is 0 Å². The Kier molecular flexibility index (Phi) is 2.14. The van der Waals surface area contributed by atoms with E-state index in [1.54, 1.807) is 17.8 Å². The molecule has 0 spiro atoms. The first kappa shape index (κ1) is 11.1. The van der Waals surface area contributed by atoms with Crippen LogP contribution >= 0.6 is 0 Å². The molecule has 2 rings (SSSR count). The van der Waals surface area contributed by atoms with Crippen molar-refractivity contribution >= 4 is 5.97 Å². The van der Waals surface area contributed by atoms with E-state index in [1.807, 2.05) is 0 Å². The molecule has 1 atom stereocenters. The van der Waals surface area contributed by atoms with Crippen LogP contribution in [0.1, 0.15) is 36.5 Å². The number of rotatable bonds is 2. The van der Waals surface area contributed by atoms with Crippen molar-refractivity contribution in [1.82, 2.24) is 9.78 Å². The third kappa shape index (κ3) is 1.35. The Labute approximate surface area is 94.6 Å². The van der Waals surface area contributed by atoms with E-state index in [0.717, 1.165) is 12.1 Å². The van der Waals surface area contributed by atoms with Crippen LogP contribution in [0.2, 0.25) is 0 Å². The molecule has 0 radical (unpaired) electrons. The smallest absolute Gasteiger partial charge is 0.358 e. The Hall–Kier alpha value is -1.36. The normalized spacial score (nSPS) is 26.6. The summed E-state index contributed by atoms with van der Waals surface area (Å²) in [6, 6.07) is 1.72. The minimum atomic E-state index is -0.427. The van der Waals surface area contributed by atoms with Crippen LogP contribution < -0.4 is 5.73 Å². The molecular weight excluding hydrogens is 206 g/mol. The average molecular weight is 223 g/mol. The lowest BCUT2D eigenvalue weighted by Gasteiger charge is -2.14. The Morgan fingerprint density at radius 3 is 2.62 bits per heavy atom. The molecule has 1 fully saturated rings. The van der Waals surface area contributed by atoms with Gasteiger partial charge in [-0.3, -0.25) is 4.68 Å². The summed E-state index contributed by atoms with van der Waals surface area (Å²) in [6.45, 7) is 4.22. The topological polar surface area (TPSA) is 70.1 Å². The second-order valence-corrected chi connectivity index (χ2v) is 5.06. The number of carbonyl (C=O) groups is 1. The highest BCUT2D eigenvalue weighted by Gasteiger charge is 2.61. The summed E-state index contributed by atoms with van der Waals surface area (Å²) in [7, 11) is 3.14. The maximum atomic E-state index is 11.3. The first-order valence-electron chi connectivity index (χ1n) is 5.23. The van der Waals surface area contributed by atoms with Gasteiger partial charge >= 0.3 is 5.97 Å². The molecule has 0 bridgehead atoms. The van der Waals surface area contributed by atoms with E-state index >= 15 is 0 Å². The molecule has 1 aromatic heterocycles. The van der Waals surface area contributed by atoms with Crippen LogP contribution in [-0.4, -0.2) is 22.9 Å². The van der Waals surface area contributed by atoms with Gasteiger partial charge in [-0.15, -0.1) is 0 Å². The lowest BCUT2D eigenvalue weighted by Crippen LogP contribution is -2.28. The van der Waals surface area contributed by atoms with Crippen molar-refractivity contribution < 1.29 is 9.53 Å². The predicted molar refractivity (Wildman–Crippen MR) is 58.8 cm³/mol. The van der Waals surface area contributed by atoms with Crippen LogP contribution in [0.5, 0.6) is 0 Å². The number of carbonyl (C=O) groups excluding carboxylic acids is 1. The third-order valence-corrected chi connectivity index (χ3v) is 3.53. The van der Waals surface area contributed by atoms with Gasteiger partial charge in [0.1, 0.15) is 0 Å². The molecule has 1 unspecified atom stereocenters. The predicted octanol–water partition coefficient (Wildman–Crippen LogP) is 0.791. The highest BCUT2D eigenvalue weighted by atomic mass is 16.5. The van der Waals surface area contributed by atoms with Crippen LogP contribution in [0.4, 0.5) is 0 Å². The zero-order valence-electron chi connectivity index (χ0n) is 10.1. The molecule has 88 valence electrons. The van der Waals surface area contributed by atoms with E-state index in [1.165, 1.54) is 7.11 Å². The number of aryl methyl sites for hydroxylation is 1. The molecule has 2 N–H and O–H groups in total. The summed E-state index contributed by atoms with van der Waals surface area (Å²) in [4.78, 5) is 11.3. The number of ether oxygens (including phenoxy) is 1. The minimum Gasteiger partial charge on any atom is -0.464 e. The SMILES string of the molecule is COC(=O)c1cc(C2(N)CC2(C)C)n(C)n1. The zero-order valence-corrected chi connectivity index (χ0v) is 10.1. The van der Waals surface area contributed by atoms with Gasteiger partial charge in [-0.25, -0.2) is 4.79 Å².